The van der Waals surface area contributed by atoms with Crippen LogP contribution in [0.5, 0.6) is 0 Å². The summed E-state index contributed by atoms with van der Waals surface area (Å²) in [6, 6.07) is 1.82. The minimum atomic E-state index is -1.45. The van der Waals surface area contributed by atoms with Gasteiger partial charge in [-0.05, 0) is 43.6 Å². The van der Waals surface area contributed by atoms with E-state index in [-0.39, 0.29) is 30.0 Å². The van der Waals surface area contributed by atoms with Gasteiger partial charge in [0, 0.05) is 16.9 Å². The quantitative estimate of drug-likeness (QED) is 0.775. The summed E-state index contributed by atoms with van der Waals surface area (Å²) in [7, 11) is 0. The summed E-state index contributed by atoms with van der Waals surface area (Å²) < 4.78 is 16.6. The number of carbonyl (C=O) groups excluding carboxylic acids is 2. The standard InChI is InChI=1S/C20H24O6/c1-18-9-14(11-5-8-24-10-11)25-16(21)12(18)3-6-19(2)15(18)13-4-7-20(19,23)17(22)26-13/h5,8,10,12-15,23H,3-4,6-7,9H2,1-2H3/t12-,13+,14+,15-,18+,19+,20-/m0/s1. The molecule has 2 bridgehead atoms. The lowest BCUT2D eigenvalue weighted by Gasteiger charge is -2.67. The summed E-state index contributed by atoms with van der Waals surface area (Å²) >= 11 is 0. The van der Waals surface area contributed by atoms with Crippen LogP contribution < -0.4 is 0 Å². The van der Waals surface area contributed by atoms with Gasteiger partial charge in [-0.25, -0.2) is 4.79 Å². The van der Waals surface area contributed by atoms with Crippen molar-refractivity contribution >= 4 is 11.9 Å². The molecule has 1 aromatic heterocycles. The van der Waals surface area contributed by atoms with E-state index in [0.29, 0.717) is 32.1 Å². The fourth-order valence-corrected chi connectivity index (χ4v) is 6.64. The van der Waals surface area contributed by atoms with Gasteiger partial charge in [-0.2, -0.15) is 0 Å². The number of carbonyl (C=O) groups is 2. The van der Waals surface area contributed by atoms with Crippen molar-refractivity contribution in [3.63, 3.8) is 0 Å². The Kier molecular flexibility index (Phi) is 3.09. The molecule has 3 aliphatic heterocycles. The Hall–Kier alpha value is -1.82. The van der Waals surface area contributed by atoms with Gasteiger partial charge in [0.15, 0.2) is 5.60 Å². The molecule has 6 nitrogen and oxygen atoms in total. The number of hydrogen-bond acceptors (Lipinski definition) is 6. The minimum absolute atomic E-state index is 0.0625. The molecule has 1 N–H and O–H groups in total. The molecule has 140 valence electrons. The predicted molar refractivity (Wildman–Crippen MR) is 88.6 cm³/mol. The number of rotatable bonds is 1. The van der Waals surface area contributed by atoms with Crippen molar-refractivity contribution in [1.82, 2.24) is 0 Å². The molecule has 5 aliphatic rings. The first kappa shape index (κ1) is 16.4. The van der Waals surface area contributed by atoms with Crippen molar-refractivity contribution in [1.29, 1.82) is 0 Å². The van der Waals surface area contributed by atoms with E-state index in [2.05, 4.69) is 6.92 Å². The second-order valence-corrected chi connectivity index (χ2v) is 9.02. The van der Waals surface area contributed by atoms with Gasteiger partial charge in [-0.3, -0.25) is 4.79 Å². The van der Waals surface area contributed by atoms with E-state index in [9.17, 15) is 14.7 Å². The van der Waals surface area contributed by atoms with Crippen LogP contribution in [0.15, 0.2) is 23.0 Å². The van der Waals surface area contributed by atoms with Gasteiger partial charge in [0.05, 0.1) is 18.4 Å². The third kappa shape index (κ3) is 1.76. The number of fused-ring (bicyclic) bond motifs is 3. The second-order valence-electron chi connectivity index (χ2n) is 9.02. The van der Waals surface area contributed by atoms with E-state index in [1.165, 1.54) is 0 Å². The summed E-state index contributed by atoms with van der Waals surface area (Å²) in [5, 5.41) is 11.3. The lowest BCUT2D eigenvalue weighted by Crippen LogP contribution is -2.74. The lowest BCUT2D eigenvalue weighted by atomic mass is 9.41. The van der Waals surface area contributed by atoms with E-state index < -0.39 is 22.4 Å². The number of furan rings is 1. The number of hydrogen-bond donors (Lipinski definition) is 1. The first-order chi connectivity index (χ1) is 12.3. The molecule has 2 aliphatic carbocycles. The molecule has 7 atom stereocenters. The fourth-order valence-electron chi connectivity index (χ4n) is 6.64. The topological polar surface area (TPSA) is 86.0 Å². The van der Waals surface area contributed by atoms with Crippen molar-refractivity contribution in [2.75, 3.05) is 0 Å². The molecular formula is C20H24O6. The van der Waals surface area contributed by atoms with E-state index in [1.807, 2.05) is 13.0 Å². The van der Waals surface area contributed by atoms with Crippen molar-refractivity contribution in [3.8, 4) is 0 Å². The molecular weight excluding hydrogens is 336 g/mol. The first-order valence-corrected chi connectivity index (χ1v) is 9.46. The highest BCUT2D eigenvalue weighted by Gasteiger charge is 2.74. The molecule has 0 aromatic carbocycles. The van der Waals surface area contributed by atoms with Crippen LogP contribution in [-0.4, -0.2) is 28.8 Å². The first-order valence-electron chi connectivity index (χ1n) is 9.46. The van der Waals surface area contributed by atoms with Crippen LogP contribution in [0.2, 0.25) is 0 Å². The smallest absolute Gasteiger partial charge is 0.338 e. The SMILES string of the molecule is C[C@@]12C[C@H](c3ccoc3)OC(=O)[C@@H]1CC[C@]1(C)[C@H]2[C@H]2CC[C@]1(O)C(=O)O2. The molecule has 5 fully saturated rings. The molecule has 0 unspecified atom stereocenters. The van der Waals surface area contributed by atoms with Gasteiger partial charge in [0.1, 0.15) is 12.2 Å². The van der Waals surface area contributed by atoms with Gasteiger partial charge < -0.3 is 19.0 Å². The van der Waals surface area contributed by atoms with Crippen molar-refractivity contribution in [2.24, 2.45) is 22.7 Å². The minimum Gasteiger partial charge on any atom is -0.472 e. The highest BCUT2D eigenvalue weighted by molar-refractivity contribution is 5.83. The Morgan fingerprint density at radius 3 is 2.65 bits per heavy atom. The molecule has 0 radical (unpaired) electrons. The molecule has 3 saturated heterocycles. The second kappa shape index (κ2) is 4.91. The van der Waals surface area contributed by atoms with Gasteiger partial charge >= 0.3 is 11.9 Å². The fraction of sp³-hybridized carbons (Fsp3) is 0.700. The molecule has 0 amide bonds. The highest BCUT2D eigenvalue weighted by Crippen LogP contribution is 2.69. The predicted octanol–water partition coefficient (Wildman–Crippen LogP) is 2.76. The third-order valence-electron chi connectivity index (χ3n) is 7.93. The number of cyclic esters (lactones) is 1. The van der Waals surface area contributed by atoms with E-state index >= 15 is 0 Å². The normalized spacial score (nSPS) is 49.8. The Morgan fingerprint density at radius 1 is 1.15 bits per heavy atom. The summed E-state index contributed by atoms with van der Waals surface area (Å²) in [5.41, 5.74) is -1.58. The Balaban J connectivity index is 1.60. The van der Waals surface area contributed by atoms with E-state index in [4.69, 9.17) is 13.9 Å². The zero-order valence-electron chi connectivity index (χ0n) is 15.1. The van der Waals surface area contributed by atoms with Crippen LogP contribution in [0.25, 0.3) is 0 Å². The molecule has 2 saturated carbocycles. The maximum atomic E-state index is 12.8. The molecule has 4 heterocycles. The third-order valence-corrected chi connectivity index (χ3v) is 7.93. The average Bonchev–Trinajstić information content (AvgIpc) is 3.10. The molecule has 26 heavy (non-hydrogen) atoms. The summed E-state index contributed by atoms with van der Waals surface area (Å²) in [4.78, 5) is 25.3. The van der Waals surface area contributed by atoms with Crippen LogP contribution in [0.3, 0.4) is 0 Å². The van der Waals surface area contributed by atoms with Crippen LogP contribution in [0.4, 0.5) is 0 Å². The highest BCUT2D eigenvalue weighted by atomic mass is 16.6. The van der Waals surface area contributed by atoms with Crippen LogP contribution in [0, 0.1) is 22.7 Å². The largest absolute Gasteiger partial charge is 0.472 e. The van der Waals surface area contributed by atoms with E-state index in [0.717, 1.165) is 5.56 Å². The van der Waals surface area contributed by atoms with Crippen LogP contribution in [-0.2, 0) is 19.1 Å². The number of ether oxygens (including phenoxy) is 2. The number of esters is 2. The van der Waals surface area contributed by atoms with Gasteiger partial charge in [0.2, 0.25) is 0 Å². The van der Waals surface area contributed by atoms with Gasteiger partial charge in [-0.15, -0.1) is 0 Å². The maximum Gasteiger partial charge on any atom is 0.338 e. The van der Waals surface area contributed by atoms with Crippen molar-refractivity contribution in [3.05, 3.63) is 24.2 Å². The summed E-state index contributed by atoms with van der Waals surface area (Å²) in [5.74, 6) is -0.969. The molecule has 1 aromatic rings. The zero-order valence-corrected chi connectivity index (χ0v) is 15.1. The lowest BCUT2D eigenvalue weighted by molar-refractivity contribution is -0.292. The molecule has 0 spiro atoms. The monoisotopic (exact) mass is 360 g/mol. The Bertz CT molecular complexity index is 771. The van der Waals surface area contributed by atoms with Crippen LogP contribution >= 0.6 is 0 Å². The van der Waals surface area contributed by atoms with Gasteiger partial charge in [-0.1, -0.05) is 13.8 Å². The number of aliphatic hydroxyl groups is 1. The summed E-state index contributed by atoms with van der Waals surface area (Å²) in [6.07, 6.45) is 5.58. The summed E-state index contributed by atoms with van der Waals surface area (Å²) in [6.45, 7) is 4.13. The Labute approximate surface area is 151 Å². The Morgan fingerprint density at radius 2 is 1.96 bits per heavy atom. The maximum absolute atomic E-state index is 12.8. The molecule has 6 rings (SSSR count). The average molecular weight is 360 g/mol. The van der Waals surface area contributed by atoms with Crippen molar-refractivity contribution < 1.29 is 28.6 Å². The van der Waals surface area contributed by atoms with Crippen molar-refractivity contribution in [2.45, 2.75) is 63.8 Å². The zero-order chi connectivity index (χ0) is 18.3. The van der Waals surface area contributed by atoms with E-state index in [1.54, 1.807) is 12.5 Å². The van der Waals surface area contributed by atoms with Crippen LogP contribution in [0.1, 0.15) is 57.6 Å². The molecule has 6 heteroatoms. The van der Waals surface area contributed by atoms with Gasteiger partial charge in [0.25, 0.3) is 0 Å².